The number of carboxylic acid groups (broad SMARTS) is 1. The summed E-state index contributed by atoms with van der Waals surface area (Å²) in [6.07, 6.45) is 1.15. The Morgan fingerprint density at radius 3 is 2.75 bits per heavy atom. The van der Waals surface area contributed by atoms with Crippen LogP contribution in [0, 0.1) is 5.92 Å². The van der Waals surface area contributed by atoms with Crippen LogP contribution < -0.4 is 0 Å². The third-order valence-corrected chi connectivity index (χ3v) is 3.61. The van der Waals surface area contributed by atoms with E-state index in [-0.39, 0.29) is 31.8 Å². The fraction of sp³-hybridized carbons (Fsp3) is 0.533. The zero-order chi connectivity index (χ0) is 14.4. The molecule has 110 valence electrons. The zero-order valence-corrected chi connectivity index (χ0v) is 11.3. The molecule has 0 radical (unpaired) electrons. The Morgan fingerprint density at radius 1 is 1.30 bits per heavy atom. The maximum absolute atomic E-state index is 10.7. The second kappa shape index (κ2) is 7.38. The SMILES string of the molecule is O=C(O)CCc1ccccc1C[C@@H]1COCO[C@@H]1CO. The molecule has 2 rings (SSSR count). The fourth-order valence-electron chi connectivity index (χ4n) is 2.50. The third-order valence-electron chi connectivity index (χ3n) is 3.61. The lowest BCUT2D eigenvalue weighted by Crippen LogP contribution is -2.38. The number of hydrogen-bond acceptors (Lipinski definition) is 4. The van der Waals surface area contributed by atoms with Crippen LogP contribution in [-0.4, -0.2) is 42.3 Å². The maximum atomic E-state index is 10.7. The molecule has 1 saturated heterocycles. The molecule has 1 aromatic rings. The highest BCUT2D eigenvalue weighted by atomic mass is 16.7. The van der Waals surface area contributed by atoms with Gasteiger partial charge >= 0.3 is 5.97 Å². The number of aliphatic hydroxyl groups excluding tert-OH is 1. The monoisotopic (exact) mass is 280 g/mol. The van der Waals surface area contributed by atoms with Crippen LogP contribution in [0.3, 0.4) is 0 Å². The number of aliphatic hydroxyl groups is 1. The topological polar surface area (TPSA) is 76.0 Å². The largest absolute Gasteiger partial charge is 0.481 e. The van der Waals surface area contributed by atoms with Crippen LogP contribution in [0.2, 0.25) is 0 Å². The van der Waals surface area contributed by atoms with Crippen molar-refractivity contribution in [2.75, 3.05) is 20.0 Å². The highest BCUT2D eigenvalue weighted by Crippen LogP contribution is 2.22. The molecule has 1 aliphatic rings. The van der Waals surface area contributed by atoms with E-state index in [9.17, 15) is 9.90 Å². The number of ether oxygens (including phenoxy) is 2. The molecule has 20 heavy (non-hydrogen) atoms. The van der Waals surface area contributed by atoms with Gasteiger partial charge in [-0.3, -0.25) is 4.79 Å². The van der Waals surface area contributed by atoms with E-state index >= 15 is 0 Å². The van der Waals surface area contributed by atoms with Crippen molar-refractivity contribution in [3.63, 3.8) is 0 Å². The zero-order valence-electron chi connectivity index (χ0n) is 11.3. The molecule has 5 nitrogen and oxygen atoms in total. The van der Waals surface area contributed by atoms with Gasteiger partial charge in [0.2, 0.25) is 0 Å². The Morgan fingerprint density at radius 2 is 2.05 bits per heavy atom. The lowest BCUT2D eigenvalue weighted by atomic mass is 9.90. The lowest BCUT2D eigenvalue weighted by molar-refractivity contribution is -0.180. The van der Waals surface area contributed by atoms with Gasteiger partial charge in [0.25, 0.3) is 0 Å². The van der Waals surface area contributed by atoms with E-state index in [1.54, 1.807) is 0 Å². The number of benzene rings is 1. The maximum Gasteiger partial charge on any atom is 0.303 e. The molecular weight excluding hydrogens is 260 g/mol. The Hall–Kier alpha value is -1.43. The van der Waals surface area contributed by atoms with Crippen LogP contribution >= 0.6 is 0 Å². The van der Waals surface area contributed by atoms with Crippen molar-refractivity contribution in [1.29, 1.82) is 0 Å². The number of aryl methyl sites for hydroxylation is 1. The minimum atomic E-state index is -0.794. The van der Waals surface area contributed by atoms with Crippen LogP contribution in [0.15, 0.2) is 24.3 Å². The van der Waals surface area contributed by atoms with E-state index in [1.165, 1.54) is 0 Å². The van der Waals surface area contributed by atoms with Crippen molar-refractivity contribution in [2.24, 2.45) is 5.92 Å². The minimum absolute atomic E-state index is 0.0225. The fourth-order valence-corrected chi connectivity index (χ4v) is 2.50. The van der Waals surface area contributed by atoms with E-state index in [2.05, 4.69) is 0 Å². The number of hydrogen-bond donors (Lipinski definition) is 2. The predicted octanol–water partition coefficient (Wildman–Crippen LogP) is 1.23. The molecule has 0 aliphatic carbocycles. The molecule has 0 amide bonds. The summed E-state index contributed by atoms with van der Waals surface area (Å²) in [5.74, 6) is -0.697. The average Bonchev–Trinajstić information content (AvgIpc) is 2.47. The summed E-state index contributed by atoms with van der Waals surface area (Å²) in [6, 6.07) is 7.81. The third kappa shape index (κ3) is 4.03. The number of carboxylic acids is 1. The van der Waals surface area contributed by atoms with Gasteiger partial charge in [-0.25, -0.2) is 0 Å². The Balaban J connectivity index is 2.05. The standard InChI is InChI=1S/C15H20O5/c16-8-14-13(9-19-10-20-14)7-12-4-2-1-3-11(12)5-6-15(17)18/h1-4,13-14,16H,5-10H2,(H,17,18)/t13-,14-/m1/s1. The average molecular weight is 280 g/mol. The van der Waals surface area contributed by atoms with Crippen molar-refractivity contribution >= 4 is 5.97 Å². The van der Waals surface area contributed by atoms with Crippen LogP contribution in [0.4, 0.5) is 0 Å². The number of carbonyl (C=O) groups is 1. The molecule has 0 unspecified atom stereocenters. The summed E-state index contributed by atoms with van der Waals surface area (Å²) in [5, 5.41) is 18.1. The Kier molecular flexibility index (Phi) is 5.52. The van der Waals surface area contributed by atoms with Crippen molar-refractivity contribution in [3.05, 3.63) is 35.4 Å². The van der Waals surface area contributed by atoms with E-state index in [0.717, 1.165) is 17.5 Å². The summed E-state index contributed by atoms with van der Waals surface area (Å²) in [4.78, 5) is 10.7. The van der Waals surface area contributed by atoms with Gasteiger partial charge in [-0.1, -0.05) is 24.3 Å². The molecule has 2 N–H and O–H groups in total. The molecule has 0 saturated carbocycles. The second-order valence-corrected chi connectivity index (χ2v) is 5.00. The lowest BCUT2D eigenvalue weighted by Gasteiger charge is -2.30. The van der Waals surface area contributed by atoms with E-state index < -0.39 is 5.97 Å². The van der Waals surface area contributed by atoms with Gasteiger partial charge in [0.1, 0.15) is 6.79 Å². The molecule has 0 bridgehead atoms. The number of rotatable bonds is 6. The van der Waals surface area contributed by atoms with Crippen LogP contribution in [0.5, 0.6) is 0 Å². The van der Waals surface area contributed by atoms with Crippen molar-refractivity contribution < 1.29 is 24.5 Å². The molecule has 0 aromatic heterocycles. The summed E-state index contributed by atoms with van der Waals surface area (Å²) < 4.78 is 10.7. The van der Waals surface area contributed by atoms with Crippen molar-refractivity contribution in [3.8, 4) is 0 Å². The predicted molar refractivity (Wildman–Crippen MR) is 72.4 cm³/mol. The van der Waals surface area contributed by atoms with Gasteiger partial charge in [-0.2, -0.15) is 0 Å². The highest BCUT2D eigenvalue weighted by molar-refractivity contribution is 5.67. The normalized spacial score (nSPS) is 22.6. The molecule has 5 heteroatoms. The van der Waals surface area contributed by atoms with Gasteiger partial charge in [-0.15, -0.1) is 0 Å². The first-order valence-corrected chi connectivity index (χ1v) is 6.79. The number of aliphatic carboxylic acids is 1. The van der Waals surface area contributed by atoms with Gasteiger partial charge in [0, 0.05) is 12.3 Å². The summed E-state index contributed by atoms with van der Waals surface area (Å²) in [6.45, 7) is 0.756. The molecule has 1 fully saturated rings. The summed E-state index contributed by atoms with van der Waals surface area (Å²) in [7, 11) is 0. The minimum Gasteiger partial charge on any atom is -0.481 e. The van der Waals surface area contributed by atoms with Crippen LogP contribution in [0.1, 0.15) is 17.5 Å². The first-order chi connectivity index (χ1) is 9.70. The molecular formula is C15H20O5. The Bertz CT molecular complexity index is 446. The second-order valence-electron chi connectivity index (χ2n) is 5.00. The van der Waals surface area contributed by atoms with Gasteiger partial charge in [0.15, 0.2) is 0 Å². The van der Waals surface area contributed by atoms with Crippen molar-refractivity contribution in [2.45, 2.75) is 25.4 Å². The quantitative estimate of drug-likeness (QED) is 0.819. The summed E-state index contributed by atoms with van der Waals surface area (Å²) >= 11 is 0. The molecule has 1 aromatic carbocycles. The van der Waals surface area contributed by atoms with Crippen LogP contribution in [-0.2, 0) is 27.1 Å². The van der Waals surface area contributed by atoms with Crippen LogP contribution in [0.25, 0.3) is 0 Å². The van der Waals surface area contributed by atoms with Gasteiger partial charge < -0.3 is 19.7 Å². The van der Waals surface area contributed by atoms with E-state index in [4.69, 9.17) is 14.6 Å². The van der Waals surface area contributed by atoms with E-state index in [0.29, 0.717) is 13.0 Å². The molecule has 2 atom stereocenters. The molecule has 1 aliphatic heterocycles. The Labute approximate surface area is 118 Å². The first kappa shape index (κ1) is 15.0. The van der Waals surface area contributed by atoms with Gasteiger partial charge in [-0.05, 0) is 24.0 Å². The summed E-state index contributed by atoms with van der Waals surface area (Å²) in [5.41, 5.74) is 2.14. The van der Waals surface area contributed by atoms with Gasteiger partial charge in [0.05, 0.1) is 19.3 Å². The molecule has 0 spiro atoms. The van der Waals surface area contributed by atoms with Crippen molar-refractivity contribution in [1.82, 2.24) is 0 Å². The molecule has 1 heterocycles. The smallest absolute Gasteiger partial charge is 0.303 e. The first-order valence-electron chi connectivity index (χ1n) is 6.79. The highest BCUT2D eigenvalue weighted by Gasteiger charge is 2.26. The van der Waals surface area contributed by atoms with E-state index in [1.807, 2.05) is 24.3 Å².